The first-order valence-electron chi connectivity index (χ1n) is 2.54. The predicted octanol–water partition coefficient (Wildman–Crippen LogP) is -0.0743. The Kier molecular flexibility index (Phi) is 1.69. The van der Waals surface area contributed by atoms with Crippen LogP contribution < -0.4 is 5.48 Å². The smallest absolute Gasteiger partial charge is 0.307 e. The minimum atomic E-state index is -0.325. The molecule has 1 rings (SSSR count). The van der Waals surface area contributed by atoms with Crippen molar-refractivity contribution in [3.8, 4) is 0 Å². The Bertz CT molecular complexity index is 152. The van der Waals surface area contributed by atoms with Gasteiger partial charge in [-0.3, -0.25) is 15.1 Å². The molecule has 0 atom stereocenters. The largest absolute Gasteiger partial charge is 0.427 e. The van der Waals surface area contributed by atoms with Crippen LogP contribution in [-0.4, -0.2) is 12.6 Å². The highest BCUT2D eigenvalue weighted by atomic mass is 16.7. The molecule has 1 aliphatic rings. The van der Waals surface area contributed by atoms with Gasteiger partial charge >= 0.3 is 5.97 Å². The minimum absolute atomic E-state index is 0.319. The highest BCUT2D eigenvalue weighted by Gasteiger charge is 2.06. The lowest BCUT2D eigenvalue weighted by molar-refractivity contribution is -0.137. The van der Waals surface area contributed by atoms with Crippen molar-refractivity contribution >= 4 is 5.97 Å². The van der Waals surface area contributed by atoms with Crippen molar-refractivity contribution in [1.82, 2.24) is 5.48 Å². The van der Waals surface area contributed by atoms with Gasteiger partial charge in [-0.15, -0.1) is 0 Å². The third-order valence-corrected chi connectivity index (χ3v) is 0.792. The molecule has 0 bridgehead atoms. The highest BCUT2D eigenvalue weighted by Crippen LogP contribution is 2.01. The molecule has 4 heteroatoms. The number of rotatable bonds is 1. The summed E-state index contributed by atoms with van der Waals surface area (Å²) in [5, 5.41) is 0. The van der Waals surface area contributed by atoms with Gasteiger partial charge in [0.25, 0.3) is 0 Å². The quantitative estimate of drug-likeness (QED) is 0.503. The van der Waals surface area contributed by atoms with Gasteiger partial charge in [0.15, 0.2) is 5.76 Å². The lowest BCUT2D eigenvalue weighted by Crippen LogP contribution is -2.00. The van der Waals surface area contributed by atoms with Crippen LogP contribution in [-0.2, 0) is 14.4 Å². The molecule has 0 radical (unpaired) electrons. The average Bonchev–Trinajstić information content (AvgIpc) is 2.15. The second kappa shape index (κ2) is 2.50. The fraction of sp³-hybridized carbons (Fsp3) is 0.400. The number of nitrogens with one attached hydrogen (secondary N) is 1. The van der Waals surface area contributed by atoms with Crippen molar-refractivity contribution < 1.29 is 14.4 Å². The fourth-order valence-corrected chi connectivity index (χ4v) is 0.505. The first-order valence-corrected chi connectivity index (χ1v) is 2.54. The summed E-state index contributed by atoms with van der Waals surface area (Å²) in [4.78, 5) is 14.9. The van der Waals surface area contributed by atoms with Gasteiger partial charge in [0.2, 0.25) is 0 Å². The topological polar surface area (TPSA) is 47.6 Å². The zero-order chi connectivity index (χ0) is 6.69. The van der Waals surface area contributed by atoms with Crippen molar-refractivity contribution in [1.29, 1.82) is 0 Å². The number of hydroxylamine groups is 1. The van der Waals surface area contributed by atoms with E-state index in [4.69, 9.17) is 0 Å². The van der Waals surface area contributed by atoms with Gasteiger partial charge in [-0.25, -0.2) is 0 Å². The van der Waals surface area contributed by atoms with Crippen LogP contribution in [0.15, 0.2) is 12.0 Å². The standard InChI is InChI=1S/C5H7NO3/c1-4(7)9-5-2-6-8-3-5/h2,6H,3H2,1H3. The van der Waals surface area contributed by atoms with E-state index in [1.54, 1.807) is 0 Å². The van der Waals surface area contributed by atoms with E-state index in [0.717, 1.165) is 0 Å². The molecule has 0 amide bonds. The van der Waals surface area contributed by atoms with E-state index < -0.39 is 0 Å². The van der Waals surface area contributed by atoms with Crippen molar-refractivity contribution in [2.75, 3.05) is 6.61 Å². The van der Waals surface area contributed by atoms with E-state index in [0.29, 0.717) is 12.4 Å². The molecule has 0 spiro atoms. The molecule has 0 aliphatic carbocycles. The first kappa shape index (κ1) is 6.10. The Morgan fingerprint density at radius 3 is 3.22 bits per heavy atom. The monoisotopic (exact) mass is 129 g/mol. The number of carbonyl (C=O) groups is 1. The van der Waals surface area contributed by atoms with Crippen LogP contribution in [0.25, 0.3) is 0 Å². The summed E-state index contributed by atoms with van der Waals surface area (Å²) in [5.74, 6) is 0.191. The molecule has 1 heterocycles. The zero-order valence-electron chi connectivity index (χ0n) is 5.01. The van der Waals surface area contributed by atoms with E-state index in [1.807, 2.05) is 0 Å². The van der Waals surface area contributed by atoms with Crippen molar-refractivity contribution in [3.05, 3.63) is 12.0 Å². The van der Waals surface area contributed by atoms with Crippen LogP contribution in [0.5, 0.6) is 0 Å². The summed E-state index contributed by atoms with van der Waals surface area (Å²) in [7, 11) is 0. The summed E-state index contributed by atoms with van der Waals surface area (Å²) in [6.45, 7) is 1.67. The van der Waals surface area contributed by atoms with Crippen molar-refractivity contribution in [2.24, 2.45) is 0 Å². The average molecular weight is 129 g/mol. The van der Waals surface area contributed by atoms with Crippen LogP contribution in [0.1, 0.15) is 6.92 Å². The van der Waals surface area contributed by atoms with E-state index in [2.05, 4.69) is 15.1 Å². The maximum Gasteiger partial charge on any atom is 0.307 e. The normalized spacial score (nSPS) is 16.3. The second-order valence-electron chi connectivity index (χ2n) is 1.61. The van der Waals surface area contributed by atoms with Crippen LogP contribution in [0.4, 0.5) is 0 Å². The molecule has 0 aromatic carbocycles. The van der Waals surface area contributed by atoms with Crippen LogP contribution in [0, 0.1) is 0 Å². The Hall–Kier alpha value is -1.03. The number of hydrogen-bond acceptors (Lipinski definition) is 4. The van der Waals surface area contributed by atoms with Gasteiger partial charge in [-0.2, -0.15) is 0 Å². The third-order valence-electron chi connectivity index (χ3n) is 0.792. The van der Waals surface area contributed by atoms with Gasteiger partial charge in [0.05, 0.1) is 6.20 Å². The van der Waals surface area contributed by atoms with Crippen LogP contribution in [0.3, 0.4) is 0 Å². The summed E-state index contributed by atoms with van der Waals surface area (Å²) >= 11 is 0. The number of ether oxygens (including phenoxy) is 1. The van der Waals surface area contributed by atoms with Crippen molar-refractivity contribution in [3.63, 3.8) is 0 Å². The second-order valence-corrected chi connectivity index (χ2v) is 1.61. The number of carbonyl (C=O) groups excluding carboxylic acids is 1. The molecule has 0 unspecified atom stereocenters. The Morgan fingerprint density at radius 2 is 2.78 bits per heavy atom. The van der Waals surface area contributed by atoms with E-state index >= 15 is 0 Å². The van der Waals surface area contributed by atoms with Gasteiger partial charge in [0.1, 0.15) is 6.61 Å². The summed E-state index contributed by atoms with van der Waals surface area (Å²) < 4.78 is 4.65. The molecule has 0 fully saturated rings. The molecule has 1 N–H and O–H groups in total. The molecule has 0 saturated carbocycles. The molecule has 0 aromatic heterocycles. The summed E-state index contributed by atoms with van der Waals surface area (Å²) in [5.41, 5.74) is 2.44. The lowest BCUT2D eigenvalue weighted by Gasteiger charge is -1.95. The van der Waals surface area contributed by atoms with E-state index in [-0.39, 0.29) is 5.97 Å². The minimum Gasteiger partial charge on any atom is -0.427 e. The maximum absolute atomic E-state index is 10.3. The molecule has 0 saturated heterocycles. The number of hydrogen-bond donors (Lipinski definition) is 1. The molecular weight excluding hydrogens is 122 g/mol. The molecule has 9 heavy (non-hydrogen) atoms. The Balaban J connectivity index is 2.35. The predicted molar refractivity (Wildman–Crippen MR) is 28.9 cm³/mol. The molecular formula is C5H7NO3. The fourth-order valence-electron chi connectivity index (χ4n) is 0.505. The molecule has 0 aromatic rings. The van der Waals surface area contributed by atoms with Crippen LogP contribution >= 0.6 is 0 Å². The van der Waals surface area contributed by atoms with Crippen molar-refractivity contribution in [2.45, 2.75) is 6.92 Å². The molecule has 1 aliphatic heterocycles. The Morgan fingerprint density at radius 1 is 2.00 bits per heavy atom. The summed E-state index contributed by atoms with van der Waals surface area (Å²) in [6, 6.07) is 0. The van der Waals surface area contributed by atoms with E-state index in [9.17, 15) is 4.79 Å². The van der Waals surface area contributed by atoms with Gasteiger partial charge in [-0.05, 0) is 0 Å². The summed E-state index contributed by atoms with van der Waals surface area (Å²) in [6.07, 6.45) is 1.50. The highest BCUT2D eigenvalue weighted by molar-refractivity contribution is 5.67. The Labute approximate surface area is 52.4 Å². The number of esters is 1. The maximum atomic E-state index is 10.3. The van der Waals surface area contributed by atoms with Gasteiger partial charge in [-0.1, -0.05) is 0 Å². The molecule has 50 valence electrons. The van der Waals surface area contributed by atoms with E-state index in [1.165, 1.54) is 13.1 Å². The van der Waals surface area contributed by atoms with Gasteiger partial charge in [0, 0.05) is 6.92 Å². The first-order chi connectivity index (χ1) is 4.29. The third kappa shape index (κ3) is 1.73. The zero-order valence-corrected chi connectivity index (χ0v) is 5.01. The van der Waals surface area contributed by atoms with Crippen LogP contribution in [0.2, 0.25) is 0 Å². The van der Waals surface area contributed by atoms with Gasteiger partial charge < -0.3 is 4.74 Å². The SMILES string of the molecule is CC(=O)OC1=CNOC1. The molecule has 4 nitrogen and oxygen atoms in total. The lowest BCUT2D eigenvalue weighted by atomic mass is 10.6.